The molecule has 0 saturated carbocycles. The lowest BCUT2D eigenvalue weighted by Gasteiger charge is -2.31. The van der Waals surface area contributed by atoms with Crippen molar-refractivity contribution in [1.29, 1.82) is 0 Å². The number of rotatable bonds is 2. The van der Waals surface area contributed by atoms with Crippen molar-refractivity contribution >= 4 is 39.1 Å². The van der Waals surface area contributed by atoms with Gasteiger partial charge in [0.2, 0.25) is 0 Å². The summed E-state index contributed by atoms with van der Waals surface area (Å²) < 4.78 is 12.6. The molecule has 7 heteroatoms. The van der Waals surface area contributed by atoms with Gasteiger partial charge in [-0.05, 0) is 37.1 Å². The van der Waals surface area contributed by atoms with Crippen LogP contribution in [0.25, 0.3) is 10.2 Å². The van der Waals surface area contributed by atoms with Gasteiger partial charge in [-0.25, -0.2) is 4.98 Å². The fraction of sp³-hybridized carbons (Fsp3) is 0.364. The van der Waals surface area contributed by atoms with Crippen molar-refractivity contribution in [3.05, 3.63) is 52.0 Å². The molecule has 0 aliphatic carbocycles. The Kier molecular flexibility index (Phi) is 5.06. The minimum Gasteiger partial charge on any atom is -0.489 e. The number of para-hydroxylation sites is 1. The van der Waals surface area contributed by atoms with Gasteiger partial charge in [0.05, 0.1) is 33.5 Å². The van der Waals surface area contributed by atoms with E-state index >= 15 is 0 Å². The molecule has 0 unspecified atom stereocenters. The summed E-state index contributed by atoms with van der Waals surface area (Å²) in [4.78, 5) is 19.8. The van der Waals surface area contributed by atoms with Crippen molar-refractivity contribution in [1.82, 2.24) is 9.88 Å². The Morgan fingerprint density at radius 1 is 1.14 bits per heavy atom. The van der Waals surface area contributed by atoms with E-state index in [-0.39, 0.29) is 5.91 Å². The molecule has 1 fully saturated rings. The van der Waals surface area contributed by atoms with Gasteiger partial charge in [-0.3, -0.25) is 4.79 Å². The van der Waals surface area contributed by atoms with Crippen molar-refractivity contribution in [2.45, 2.75) is 25.2 Å². The van der Waals surface area contributed by atoms with Gasteiger partial charge in [0.1, 0.15) is 0 Å². The number of aromatic nitrogens is 1. The Labute approximate surface area is 178 Å². The number of fused-ring (bicyclic) bond motifs is 2. The Bertz CT molecular complexity index is 1030. The highest BCUT2D eigenvalue weighted by molar-refractivity contribution is 7.18. The van der Waals surface area contributed by atoms with Crippen LogP contribution in [0.2, 0.25) is 5.02 Å². The molecule has 3 heterocycles. The van der Waals surface area contributed by atoms with Crippen LogP contribution < -0.4 is 9.47 Å². The van der Waals surface area contributed by atoms with Gasteiger partial charge >= 0.3 is 0 Å². The van der Waals surface area contributed by atoms with Crippen LogP contribution in [0.3, 0.4) is 0 Å². The Morgan fingerprint density at radius 3 is 2.76 bits per heavy atom. The van der Waals surface area contributed by atoms with Crippen molar-refractivity contribution in [3.63, 3.8) is 0 Å². The smallest absolute Gasteiger partial charge is 0.254 e. The van der Waals surface area contributed by atoms with Gasteiger partial charge in [0.15, 0.2) is 11.5 Å². The van der Waals surface area contributed by atoms with Crippen LogP contribution in [0.1, 0.15) is 40.5 Å². The number of thiazole rings is 1. The molecule has 0 radical (unpaired) electrons. The molecule has 2 aliphatic rings. The summed E-state index contributed by atoms with van der Waals surface area (Å²) in [5.41, 5.74) is 1.62. The van der Waals surface area contributed by atoms with E-state index in [9.17, 15) is 4.79 Å². The molecular weight excluding hydrogens is 408 g/mol. The van der Waals surface area contributed by atoms with Gasteiger partial charge in [0.25, 0.3) is 5.91 Å². The zero-order valence-corrected chi connectivity index (χ0v) is 17.5. The van der Waals surface area contributed by atoms with E-state index in [0.29, 0.717) is 54.3 Å². The standard InChI is InChI=1S/C22H21ClN2O3S/c23-16-12-15(13-18-20(16)28-11-3-10-27-18)22(26)25-8-6-14(7-9-25)21-24-17-4-1-2-5-19(17)29-21/h1-2,4-5,12-14H,3,6-11H2. The maximum Gasteiger partial charge on any atom is 0.254 e. The molecular formula is C22H21ClN2O3S. The average Bonchev–Trinajstić information content (AvgIpc) is 3.04. The van der Waals surface area contributed by atoms with Gasteiger partial charge in [-0.1, -0.05) is 23.7 Å². The second-order valence-corrected chi connectivity index (χ2v) is 8.89. The number of halogens is 1. The Balaban J connectivity index is 1.30. The van der Waals surface area contributed by atoms with Crippen LogP contribution in [-0.2, 0) is 0 Å². The topological polar surface area (TPSA) is 51.7 Å². The predicted molar refractivity (Wildman–Crippen MR) is 115 cm³/mol. The molecule has 0 bridgehead atoms. The molecule has 2 aromatic carbocycles. The van der Waals surface area contributed by atoms with Crippen molar-refractivity contribution in [2.75, 3.05) is 26.3 Å². The van der Waals surface area contributed by atoms with E-state index in [1.165, 1.54) is 9.71 Å². The lowest BCUT2D eigenvalue weighted by atomic mass is 9.97. The summed E-state index contributed by atoms with van der Waals surface area (Å²) in [6.07, 6.45) is 2.64. The first-order valence-corrected chi connectivity index (χ1v) is 11.1. The van der Waals surface area contributed by atoms with E-state index in [1.54, 1.807) is 23.5 Å². The number of carbonyl (C=O) groups is 1. The number of carbonyl (C=O) groups excluding carboxylic acids is 1. The summed E-state index contributed by atoms with van der Waals surface area (Å²) in [5, 5.41) is 1.61. The van der Waals surface area contributed by atoms with Gasteiger partial charge in [0, 0.05) is 31.0 Å². The lowest BCUT2D eigenvalue weighted by molar-refractivity contribution is 0.0712. The largest absolute Gasteiger partial charge is 0.489 e. The fourth-order valence-electron chi connectivity index (χ4n) is 3.93. The molecule has 5 rings (SSSR count). The maximum atomic E-state index is 13.1. The first kappa shape index (κ1) is 18.7. The predicted octanol–water partition coefficient (Wildman–Crippen LogP) is 5.13. The van der Waals surface area contributed by atoms with E-state index in [2.05, 4.69) is 12.1 Å². The normalized spacial score (nSPS) is 17.3. The molecule has 5 nitrogen and oxygen atoms in total. The highest BCUT2D eigenvalue weighted by atomic mass is 35.5. The highest BCUT2D eigenvalue weighted by Crippen LogP contribution is 2.39. The molecule has 29 heavy (non-hydrogen) atoms. The third-order valence-electron chi connectivity index (χ3n) is 5.49. The van der Waals surface area contributed by atoms with Crippen molar-refractivity contribution in [2.24, 2.45) is 0 Å². The third-order valence-corrected chi connectivity index (χ3v) is 6.97. The van der Waals surface area contributed by atoms with Crippen molar-refractivity contribution in [3.8, 4) is 11.5 Å². The molecule has 1 amide bonds. The van der Waals surface area contributed by atoms with E-state index in [0.717, 1.165) is 24.8 Å². The molecule has 0 spiro atoms. The first-order valence-electron chi connectivity index (χ1n) is 9.93. The van der Waals surface area contributed by atoms with Crippen LogP contribution in [0.5, 0.6) is 11.5 Å². The monoisotopic (exact) mass is 428 g/mol. The zero-order chi connectivity index (χ0) is 19.8. The van der Waals surface area contributed by atoms with Gasteiger partial charge in [-0.2, -0.15) is 0 Å². The summed E-state index contributed by atoms with van der Waals surface area (Å²) in [6, 6.07) is 11.7. The first-order chi connectivity index (χ1) is 14.2. The van der Waals surface area contributed by atoms with Gasteiger partial charge < -0.3 is 14.4 Å². The summed E-state index contributed by atoms with van der Waals surface area (Å²) in [5.74, 6) is 1.49. The number of likely N-dealkylation sites (tertiary alicyclic amines) is 1. The average molecular weight is 429 g/mol. The number of amides is 1. The number of hydrogen-bond acceptors (Lipinski definition) is 5. The fourth-order valence-corrected chi connectivity index (χ4v) is 5.33. The van der Waals surface area contributed by atoms with E-state index in [1.807, 2.05) is 17.0 Å². The highest BCUT2D eigenvalue weighted by Gasteiger charge is 2.28. The van der Waals surface area contributed by atoms with Crippen LogP contribution in [0, 0.1) is 0 Å². The van der Waals surface area contributed by atoms with Crippen LogP contribution in [-0.4, -0.2) is 42.1 Å². The zero-order valence-electron chi connectivity index (χ0n) is 15.9. The quantitative estimate of drug-likeness (QED) is 0.567. The second-order valence-electron chi connectivity index (χ2n) is 7.42. The third kappa shape index (κ3) is 3.67. The number of piperidine rings is 1. The summed E-state index contributed by atoms with van der Waals surface area (Å²) in [6.45, 7) is 2.56. The Hall–Kier alpha value is -2.31. The minimum absolute atomic E-state index is 0.00898. The van der Waals surface area contributed by atoms with Crippen LogP contribution in [0.15, 0.2) is 36.4 Å². The van der Waals surface area contributed by atoms with E-state index in [4.69, 9.17) is 26.1 Å². The Morgan fingerprint density at radius 2 is 1.93 bits per heavy atom. The molecule has 150 valence electrons. The minimum atomic E-state index is -0.00898. The SMILES string of the molecule is O=C(c1cc(Cl)c2c(c1)OCCCO2)N1CCC(c2nc3ccccc3s2)CC1. The molecule has 1 aromatic heterocycles. The van der Waals surface area contributed by atoms with Crippen LogP contribution in [0.4, 0.5) is 0 Å². The second kappa shape index (κ2) is 7.84. The van der Waals surface area contributed by atoms with E-state index < -0.39 is 0 Å². The molecule has 0 N–H and O–H groups in total. The van der Waals surface area contributed by atoms with Crippen molar-refractivity contribution < 1.29 is 14.3 Å². The van der Waals surface area contributed by atoms with Gasteiger partial charge in [-0.15, -0.1) is 11.3 Å². The van der Waals surface area contributed by atoms with Crippen LogP contribution >= 0.6 is 22.9 Å². The maximum absolute atomic E-state index is 13.1. The number of hydrogen-bond donors (Lipinski definition) is 0. The molecule has 0 atom stereocenters. The number of nitrogens with zero attached hydrogens (tertiary/aromatic N) is 2. The molecule has 1 saturated heterocycles. The number of ether oxygens (including phenoxy) is 2. The number of benzene rings is 2. The summed E-state index contributed by atoms with van der Waals surface area (Å²) in [7, 11) is 0. The molecule has 3 aromatic rings. The lowest BCUT2D eigenvalue weighted by Crippen LogP contribution is -2.37. The summed E-state index contributed by atoms with van der Waals surface area (Å²) >= 11 is 8.13. The molecule has 2 aliphatic heterocycles.